The van der Waals surface area contributed by atoms with Crippen molar-refractivity contribution in [3.63, 3.8) is 0 Å². The highest BCUT2D eigenvalue weighted by Crippen LogP contribution is 2.27. The summed E-state index contributed by atoms with van der Waals surface area (Å²) in [6.45, 7) is 3.61. The van der Waals surface area contributed by atoms with E-state index in [0.717, 1.165) is 31.6 Å². The molecule has 1 amide bonds. The van der Waals surface area contributed by atoms with E-state index in [1.165, 1.54) is 0 Å². The Morgan fingerprint density at radius 3 is 2.68 bits per heavy atom. The molecule has 0 bridgehead atoms. The molecule has 1 fully saturated rings. The number of likely N-dealkylation sites (tertiary alicyclic amines) is 1. The van der Waals surface area contributed by atoms with Crippen LogP contribution in [0.4, 0.5) is 5.69 Å². The van der Waals surface area contributed by atoms with Gasteiger partial charge in [0.05, 0.1) is 12.1 Å². The summed E-state index contributed by atoms with van der Waals surface area (Å²) in [6, 6.07) is 5.17. The molecule has 0 aromatic heterocycles. The van der Waals surface area contributed by atoms with Gasteiger partial charge in [0.25, 0.3) is 0 Å². The van der Waals surface area contributed by atoms with Crippen molar-refractivity contribution in [3.05, 3.63) is 23.2 Å². The van der Waals surface area contributed by atoms with Crippen molar-refractivity contribution in [2.45, 2.75) is 25.8 Å². The molecule has 19 heavy (non-hydrogen) atoms. The van der Waals surface area contributed by atoms with Gasteiger partial charge in [-0.05, 0) is 38.0 Å². The zero-order valence-corrected chi connectivity index (χ0v) is 12.0. The van der Waals surface area contributed by atoms with Crippen LogP contribution >= 0.6 is 11.6 Å². The van der Waals surface area contributed by atoms with Gasteiger partial charge in [0.15, 0.2) is 0 Å². The molecule has 1 aromatic carbocycles. The van der Waals surface area contributed by atoms with Gasteiger partial charge in [0, 0.05) is 18.8 Å². The lowest BCUT2D eigenvalue weighted by molar-refractivity contribution is -0.130. The molecular weight excluding hydrogens is 264 g/mol. The first-order valence-corrected chi connectivity index (χ1v) is 6.88. The third kappa shape index (κ3) is 3.32. The molecule has 1 saturated heterocycles. The molecule has 0 saturated carbocycles. The summed E-state index contributed by atoms with van der Waals surface area (Å²) in [5, 5.41) is 3.71. The number of ether oxygens (including phenoxy) is 1. The van der Waals surface area contributed by atoms with E-state index < -0.39 is 0 Å². The first kappa shape index (κ1) is 14.0. The van der Waals surface area contributed by atoms with Crippen LogP contribution in [-0.2, 0) is 4.79 Å². The van der Waals surface area contributed by atoms with Crippen LogP contribution in [0, 0.1) is 0 Å². The van der Waals surface area contributed by atoms with Crippen LogP contribution in [0.3, 0.4) is 0 Å². The zero-order valence-electron chi connectivity index (χ0n) is 11.3. The molecule has 0 radical (unpaired) electrons. The van der Waals surface area contributed by atoms with Crippen molar-refractivity contribution in [2.24, 2.45) is 0 Å². The Morgan fingerprint density at radius 1 is 1.42 bits per heavy atom. The minimum absolute atomic E-state index is 0.143. The number of hydrogen-bond donors (Lipinski definition) is 1. The van der Waals surface area contributed by atoms with Crippen molar-refractivity contribution in [1.29, 1.82) is 0 Å². The molecular formula is C14H19ClN2O2. The van der Waals surface area contributed by atoms with Crippen LogP contribution < -0.4 is 10.1 Å². The number of halogens is 1. The molecule has 1 N–H and O–H groups in total. The average molecular weight is 283 g/mol. The molecule has 1 heterocycles. The molecule has 104 valence electrons. The molecule has 1 atom stereocenters. The number of benzene rings is 1. The lowest BCUT2D eigenvalue weighted by atomic mass is 10.2. The predicted molar refractivity (Wildman–Crippen MR) is 76.9 cm³/mol. The van der Waals surface area contributed by atoms with Crippen LogP contribution in [0.5, 0.6) is 5.75 Å². The maximum Gasteiger partial charge on any atom is 0.244 e. The van der Waals surface area contributed by atoms with Gasteiger partial charge >= 0.3 is 0 Å². The second kappa shape index (κ2) is 6.15. The van der Waals surface area contributed by atoms with Crippen LogP contribution in [0.2, 0.25) is 5.02 Å². The number of carbonyl (C=O) groups excluding carboxylic acids is 1. The van der Waals surface area contributed by atoms with Gasteiger partial charge in [0.1, 0.15) is 11.8 Å². The van der Waals surface area contributed by atoms with Crippen molar-refractivity contribution in [2.75, 3.05) is 25.5 Å². The molecule has 2 rings (SSSR count). The number of nitrogens with one attached hydrogen (secondary N) is 1. The lowest BCUT2D eigenvalue weighted by Gasteiger charge is -2.22. The maximum absolute atomic E-state index is 12.2. The minimum Gasteiger partial charge on any atom is -0.495 e. The van der Waals surface area contributed by atoms with Gasteiger partial charge in [-0.25, -0.2) is 0 Å². The number of nitrogens with zero attached hydrogens (tertiary/aromatic N) is 1. The topological polar surface area (TPSA) is 41.6 Å². The summed E-state index contributed by atoms with van der Waals surface area (Å²) in [5.74, 6) is 0.773. The summed E-state index contributed by atoms with van der Waals surface area (Å²) in [4.78, 5) is 14.1. The van der Waals surface area contributed by atoms with Crippen molar-refractivity contribution >= 4 is 23.2 Å². The Hall–Kier alpha value is -1.42. The van der Waals surface area contributed by atoms with Crippen LogP contribution in [0.1, 0.15) is 19.8 Å². The van der Waals surface area contributed by atoms with E-state index in [1.54, 1.807) is 19.2 Å². The highest BCUT2D eigenvalue weighted by Gasteiger charge is 2.23. The third-order valence-corrected chi connectivity index (χ3v) is 3.62. The Bertz CT molecular complexity index is 459. The summed E-state index contributed by atoms with van der Waals surface area (Å²) in [6.07, 6.45) is 2.21. The largest absolute Gasteiger partial charge is 0.495 e. The summed E-state index contributed by atoms with van der Waals surface area (Å²) >= 11 is 6.06. The highest BCUT2D eigenvalue weighted by atomic mass is 35.5. The number of amides is 1. The first-order valence-electron chi connectivity index (χ1n) is 6.50. The SMILES string of the molecule is COc1ccc(N[C@@H](C)C(=O)N2CCCC2)cc1Cl. The molecule has 0 aliphatic carbocycles. The van der Waals surface area contributed by atoms with E-state index in [2.05, 4.69) is 5.32 Å². The molecule has 0 spiro atoms. The maximum atomic E-state index is 12.2. The van der Waals surface area contributed by atoms with Crippen LogP contribution in [-0.4, -0.2) is 37.0 Å². The number of rotatable bonds is 4. The fraction of sp³-hybridized carbons (Fsp3) is 0.500. The molecule has 4 nitrogen and oxygen atoms in total. The standard InChI is InChI=1S/C14H19ClN2O2/c1-10(14(18)17-7-3-4-8-17)16-11-5-6-13(19-2)12(15)9-11/h5-6,9-10,16H,3-4,7-8H2,1-2H3/t10-/m0/s1. The van der Waals surface area contributed by atoms with Gasteiger partial charge in [-0.3, -0.25) is 4.79 Å². The van der Waals surface area contributed by atoms with E-state index >= 15 is 0 Å². The minimum atomic E-state index is -0.248. The van der Waals surface area contributed by atoms with E-state index in [1.807, 2.05) is 17.9 Å². The van der Waals surface area contributed by atoms with E-state index in [9.17, 15) is 4.79 Å². The zero-order chi connectivity index (χ0) is 13.8. The predicted octanol–water partition coefficient (Wildman–Crippen LogP) is 2.77. The summed E-state index contributed by atoms with van der Waals surface area (Å²) in [5.41, 5.74) is 0.825. The summed E-state index contributed by atoms with van der Waals surface area (Å²) < 4.78 is 5.10. The normalized spacial score (nSPS) is 16.3. The second-order valence-electron chi connectivity index (χ2n) is 4.75. The average Bonchev–Trinajstić information content (AvgIpc) is 2.92. The monoisotopic (exact) mass is 282 g/mol. The van der Waals surface area contributed by atoms with Crippen LogP contribution in [0.15, 0.2) is 18.2 Å². The quantitative estimate of drug-likeness (QED) is 0.923. The molecule has 1 aliphatic heterocycles. The fourth-order valence-corrected chi connectivity index (χ4v) is 2.54. The van der Waals surface area contributed by atoms with Gasteiger partial charge < -0.3 is 15.0 Å². The van der Waals surface area contributed by atoms with Gasteiger partial charge in [0.2, 0.25) is 5.91 Å². The van der Waals surface area contributed by atoms with Gasteiger partial charge in [-0.1, -0.05) is 11.6 Å². The van der Waals surface area contributed by atoms with E-state index in [4.69, 9.17) is 16.3 Å². The van der Waals surface area contributed by atoms with Crippen molar-refractivity contribution in [1.82, 2.24) is 4.90 Å². The molecule has 5 heteroatoms. The van der Waals surface area contributed by atoms with Crippen LogP contribution in [0.25, 0.3) is 0 Å². The summed E-state index contributed by atoms with van der Waals surface area (Å²) in [7, 11) is 1.58. The van der Waals surface area contributed by atoms with Gasteiger partial charge in [-0.15, -0.1) is 0 Å². The Labute approximate surface area is 118 Å². The smallest absolute Gasteiger partial charge is 0.244 e. The number of carbonyl (C=O) groups is 1. The van der Waals surface area contributed by atoms with E-state index in [0.29, 0.717) is 10.8 Å². The Morgan fingerprint density at radius 2 is 2.11 bits per heavy atom. The first-order chi connectivity index (χ1) is 9.11. The second-order valence-corrected chi connectivity index (χ2v) is 5.15. The molecule has 1 aromatic rings. The number of anilines is 1. The van der Waals surface area contributed by atoms with Crippen molar-refractivity contribution in [3.8, 4) is 5.75 Å². The van der Waals surface area contributed by atoms with E-state index in [-0.39, 0.29) is 11.9 Å². The Balaban J connectivity index is 1.99. The molecule has 0 unspecified atom stereocenters. The third-order valence-electron chi connectivity index (χ3n) is 3.32. The Kier molecular flexibility index (Phi) is 4.53. The number of methoxy groups -OCH3 is 1. The number of hydrogen-bond acceptors (Lipinski definition) is 3. The van der Waals surface area contributed by atoms with Crippen molar-refractivity contribution < 1.29 is 9.53 Å². The highest BCUT2D eigenvalue weighted by molar-refractivity contribution is 6.32. The van der Waals surface area contributed by atoms with Gasteiger partial charge in [-0.2, -0.15) is 0 Å². The fourth-order valence-electron chi connectivity index (χ4n) is 2.28. The lowest BCUT2D eigenvalue weighted by Crippen LogP contribution is -2.39. The molecule has 1 aliphatic rings.